The molecule has 3 nitrogen and oxygen atoms in total. The molecule has 22 heavy (non-hydrogen) atoms. The summed E-state index contributed by atoms with van der Waals surface area (Å²) in [5.41, 5.74) is 0. The highest BCUT2D eigenvalue weighted by Crippen LogP contribution is 2.20. The molecule has 0 bridgehead atoms. The Bertz CT molecular complexity index is 606. The van der Waals surface area contributed by atoms with E-state index in [4.69, 9.17) is 9.47 Å². The first-order chi connectivity index (χ1) is 10.7. The molecule has 2 aromatic rings. The number of hydrogen-bond acceptors (Lipinski definition) is 3. The van der Waals surface area contributed by atoms with Crippen LogP contribution in [-0.4, -0.2) is 19.2 Å². The smallest absolute Gasteiger partial charge is 0.308 e. The van der Waals surface area contributed by atoms with Crippen LogP contribution < -0.4 is 4.74 Å². The summed E-state index contributed by atoms with van der Waals surface area (Å²) < 4.78 is 11.0. The van der Waals surface area contributed by atoms with Gasteiger partial charge in [0.1, 0.15) is 5.75 Å². The Labute approximate surface area is 132 Å². The highest BCUT2D eigenvalue weighted by atomic mass is 16.5. The van der Waals surface area contributed by atoms with E-state index >= 15 is 0 Å². The van der Waals surface area contributed by atoms with Crippen molar-refractivity contribution >= 4 is 16.7 Å². The van der Waals surface area contributed by atoms with Gasteiger partial charge in [0, 0.05) is 0 Å². The van der Waals surface area contributed by atoms with Gasteiger partial charge in [0.2, 0.25) is 0 Å². The molecule has 2 aromatic carbocycles. The second-order valence-corrected chi connectivity index (χ2v) is 5.54. The Morgan fingerprint density at radius 1 is 1.05 bits per heavy atom. The fourth-order valence-corrected chi connectivity index (χ4v) is 2.13. The average Bonchev–Trinajstić information content (AvgIpc) is 2.56. The average molecular weight is 300 g/mol. The number of carbonyl (C=O) groups is 1. The lowest BCUT2D eigenvalue weighted by Crippen LogP contribution is -2.14. The van der Waals surface area contributed by atoms with Gasteiger partial charge in [0.25, 0.3) is 0 Å². The minimum atomic E-state index is -0.0991. The fourth-order valence-electron chi connectivity index (χ4n) is 2.13. The Balaban J connectivity index is 1.67. The van der Waals surface area contributed by atoms with E-state index in [2.05, 4.69) is 24.3 Å². The Morgan fingerprint density at radius 3 is 2.55 bits per heavy atom. The van der Waals surface area contributed by atoms with Crippen molar-refractivity contribution in [1.29, 1.82) is 0 Å². The third kappa shape index (κ3) is 4.76. The van der Waals surface area contributed by atoms with Crippen LogP contribution in [0, 0.1) is 5.92 Å². The number of hydrogen-bond donors (Lipinski definition) is 0. The molecule has 3 heteroatoms. The molecule has 0 aliphatic heterocycles. The maximum absolute atomic E-state index is 11.5. The number of rotatable bonds is 8. The quantitative estimate of drug-likeness (QED) is 0.528. The first-order valence-corrected chi connectivity index (χ1v) is 7.99. The maximum Gasteiger partial charge on any atom is 0.308 e. The van der Waals surface area contributed by atoms with Crippen LogP contribution in [0.5, 0.6) is 5.75 Å². The number of unbranched alkanes of at least 4 members (excludes halogenated alkanes) is 1. The highest BCUT2D eigenvalue weighted by Gasteiger charge is 2.10. The number of fused-ring (bicyclic) bond motifs is 1. The van der Waals surface area contributed by atoms with Crippen molar-refractivity contribution in [3.05, 3.63) is 42.5 Å². The molecule has 0 amide bonds. The molecule has 1 atom stereocenters. The van der Waals surface area contributed by atoms with Gasteiger partial charge < -0.3 is 9.47 Å². The van der Waals surface area contributed by atoms with Gasteiger partial charge in [0.05, 0.1) is 19.1 Å². The molecular formula is C19H24O3. The van der Waals surface area contributed by atoms with Gasteiger partial charge >= 0.3 is 5.97 Å². The van der Waals surface area contributed by atoms with Gasteiger partial charge in [-0.2, -0.15) is 0 Å². The molecule has 0 heterocycles. The Kier molecular flexibility index (Phi) is 6.26. The fraction of sp³-hybridized carbons (Fsp3) is 0.421. The van der Waals surface area contributed by atoms with E-state index in [-0.39, 0.29) is 11.9 Å². The lowest BCUT2D eigenvalue weighted by Gasteiger charge is -2.10. The molecule has 0 aliphatic rings. The van der Waals surface area contributed by atoms with Crippen LogP contribution in [0.2, 0.25) is 0 Å². The van der Waals surface area contributed by atoms with Crippen LogP contribution >= 0.6 is 0 Å². The summed E-state index contributed by atoms with van der Waals surface area (Å²) in [6.45, 7) is 5.00. The lowest BCUT2D eigenvalue weighted by molar-refractivity contribution is -0.148. The summed E-state index contributed by atoms with van der Waals surface area (Å²) in [4.78, 5) is 11.5. The van der Waals surface area contributed by atoms with E-state index in [1.807, 2.05) is 32.0 Å². The van der Waals surface area contributed by atoms with E-state index < -0.39 is 0 Å². The summed E-state index contributed by atoms with van der Waals surface area (Å²) >= 11 is 0. The van der Waals surface area contributed by atoms with Gasteiger partial charge in [0.15, 0.2) is 0 Å². The number of carbonyl (C=O) groups excluding carboxylic acids is 1. The molecule has 0 radical (unpaired) electrons. The molecule has 2 rings (SSSR count). The number of ether oxygens (including phenoxy) is 2. The van der Waals surface area contributed by atoms with Crippen LogP contribution in [-0.2, 0) is 9.53 Å². The first-order valence-electron chi connectivity index (χ1n) is 7.99. The minimum absolute atomic E-state index is 0.00569. The van der Waals surface area contributed by atoms with Crippen LogP contribution in [0.25, 0.3) is 10.8 Å². The number of esters is 1. The topological polar surface area (TPSA) is 35.5 Å². The van der Waals surface area contributed by atoms with Gasteiger partial charge in [-0.05, 0) is 42.2 Å². The van der Waals surface area contributed by atoms with Crippen molar-refractivity contribution in [1.82, 2.24) is 0 Å². The SMILES string of the molecule is CCC(C)C(=O)OCCCCOc1ccc2ccccc2c1. The predicted molar refractivity (Wildman–Crippen MR) is 89.1 cm³/mol. The second kappa shape index (κ2) is 8.42. The summed E-state index contributed by atoms with van der Waals surface area (Å²) in [7, 11) is 0. The van der Waals surface area contributed by atoms with Crippen molar-refractivity contribution in [2.24, 2.45) is 5.92 Å². The van der Waals surface area contributed by atoms with Crippen LogP contribution in [0.3, 0.4) is 0 Å². The minimum Gasteiger partial charge on any atom is -0.494 e. The van der Waals surface area contributed by atoms with E-state index in [1.165, 1.54) is 10.8 Å². The van der Waals surface area contributed by atoms with Gasteiger partial charge in [-0.1, -0.05) is 44.2 Å². The van der Waals surface area contributed by atoms with Gasteiger partial charge in [-0.3, -0.25) is 4.79 Å². The molecule has 118 valence electrons. The summed E-state index contributed by atoms with van der Waals surface area (Å²) in [6.07, 6.45) is 2.53. The van der Waals surface area contributed by atoms with E-state index in [1.54, 1.807) is 0 Å². The van der Waals surface area contributed by atoms with Crippen molar-refractivity contribution in [3.8, 4) is 5.75 Å². The molecule has 0 saturated heterocycles. The van der Waals surface area contributed by atoms with Crippen LogP contribution in [0.4, 0.5) is 0 Å². The molecule has 0 saturated carbocycles. The molecular weight excluding hydrogens is 276 g/mol. The zero-order valence-electron chi connectivity index (χ0n) is 13.4. The largest absolute Gasteiger partial charge is 0.494 e. The van der Waals surface area contributed by atoms with Gasteiger partial charge in [-0.15, -0.1) is 0 Å². The molecule has 0 aliphatic carbocycles. The zero-order valence-corrected chi connectivity index (χ0v) is 13.4. The van der Waals surface area contributed by atoms with Gasteiger partial charge in [-0.25, -0.2) is 0 Å². The molecule has 0 N–H and O–H groups in total. The van der Waals surface area contributed by atoms with E-state index in [9.17, 15) is 4.79 Å². The predicted octanol–water partition coefficient (Wildman–Crippen LogP) is 4.59. The number of benzene rings is 2. The Hall–Kier alpha value is -2.03. The van der Waals surface area contributed by atoms with Crippen molar-refractivity contribution in [2.75, 3.05) is 13.2 Å². The summed E-state index contributed by atoms with van der Waals surface area (Å²) in [5, 5.41) is 2.40. The van der Waals surface area contributed by atoms with Crippen molar-refractivity contribution in [2.45, 2.75) is 33.1 Å². The van der Waals surface area contributed by atoms with E-state index in [0.29, 0.717) is 13.2 Å². The monoisotopic (exact) mass is 300 g/mol. The van der Waals surface area contributed by atoms with E-state index in [0.717, 1.165) is 25.0 Å². The second-order valence-electron chi connectivity index (χ2n) is 5.54. The molecule has 1 unspecified atom stereocenters. The molecule has 0 fully saturated rings. The highest BCUT2D eigenvalue weighted by molar-refractivity contribution is 5.83. The van der Waals surface area contributed by atoms with Crippen molar-refractivity contribution < 1.29 is 14.3 Å². The summed E-state index contributed by atoms with van der Waals surface area (Å²) in [5.74, 6) is 0.780. The first kappa shape index (κ1) is 16.3. The van der Waals surface area contributed by atoms with Crippen LogP contribution in [0.1, 0.15) is 33.1 Å². The normalized spacial score (nSPS) is 12.1. The third-order valence-electron chi connectivity index (χ3n) is 3.79. The lowest BCUT2D eigenvalue weighted by atomic mass is 10.1. The molecule has 0 aromatic heterocycles. The maximum atomic E-state index is 11.5. The van der Waals surface area contributed by atoms with Crippen LogP contribution in [0.15, 0.2) is 42.5 Å². The Morgan fingerprint density at radius 2 is 1.77 bits per heavy atom. The van der Waals surface area contributed by atoms with Crippen molar-refractivity contribution in [3.63, 3.8) is 0 Å². The standard InChI is InChI=1S/C19H24O3/c1-3-15(2)19(20)22-13-7-6-12-21-18-11-10-16-8-4-5-9-17(16)14-18/h4-5,8-11,14-15H,3,6-7,12-13H2,1-2H3. The molecule has 0 spiro atoms. The zero-order chi connectivity index (χ0) is 15.8. The third-order valence-corrected chi connectivity index (χ3v) is 3.79. The summed E-state index contributed by atoms with van der Waals surface area (Å²) in [6, 6.07) is 14.3.